The fraction of sp³-hybridized carbons (Fsp3) is 0.812. The fourth-order valence-corrected chi connectivity index (χ4v) is 3.79. The molecule has 7 heteroatoms. The smallest absolute Gasteiger partial charge is 0.234 e. The van der Waals surface area contributed by atoms with Crippen LogP contribution in [0.3, 0.4) is 0 Å². The number of aromatic amines is 1. The molecule has 0 radical (unpaired) electrons. The zero-order valence-electron chi connectivity index (χ0n) is 13.6. The summed E-state index contributed by atoms with van der Waals surface area (Å²) in [6.45, 7) is 2.23. The maximum Gasteiger partial charge on any atom is 0.234 e. The lowest BCUT2D eigenvalue weighted by molar-refractivity contribution is -0.122. The van der Waals surface area contributed by atoms with Gasteiger partial charge in [-0.2, -0.15) is 15.4 Å². The molecule has 128 valence electrons. The van der Waals surface area contributed by atoms with Gasteiger partial charge >= 0.3 is 0 Å². The number of amides is 1. The number of nitrogens with zero attached hydrogens (tertiary/aromatic N) is 3. The monoisotopic (exact) mass is 321 g/mol. The molecule has 1 aliphatic heterocycles. The molecule has 1 aromatic rings. The molecule has 2 fully saturated rings. The SMILES string of the molecule is O=C(CN1CCC(O)(c2cn[nH]n2)C1)NCCC1CCCCC1. The summed E-state index contributed by atoms with van der Waals surface area (Å²) < 4.78 is 0. The average molecular weight is 321 g/mol. The second kappa shape index (κ2) is 7.40. The van der Waals surface area contributed by atoms with Crippen LogP contribution in [0.15, 0.2) is 6.20 Å². The molecule has 0 aromatic carbocycles. The molecule has 2 heterocycles. The van der Waals surface area contributed by atoms with Crippen molar-refractivity contribution in [1.29, 1.82) is 0 Å². The minimum absolute atomic E-state index is 0.0465. The molecule has 1 unspecified atom stereocenters. The van der Waals surface area contributed by atoms with Crippen LogP contribution in [-0.4, -0.2) is 57.5 Å². The van der Waals surface area contributed by atoms with E-state index in [0.717, 1.165) is 18.9 Å². The van der Waals surface area contributed by atoms with Crippen LogP contribution in [0, 0.1) is 5.92 Å². The van der Waals surface area contributed by atoms with Gasteiger partial charge in [-0.3, -0.25) is 9.69 Å². The molecule has 2 aliphatic rings. The van der Waals surface area contributed by atoms with E-state index >= 15 is 0 Å². The van der Waals surface area contributed by atoms with E-state index in [0.29, 0.717) is 31.7 Å². The van der Waals surface area contributed by atoms with Gasteiger partial charge < -0.3 is 10.4 Å². The minimum Gasteiger partial charge on any atom is -0.382 e. The van der Waals surface area contributed by atoms with Crippen molar-refractivity contribution >= 4 is 5.91 Å². The molecule has 1 saturated carbocycles. The van der Waals surface area contributed by atoms with Crippen molar-refractivity contribution in [3.63, 3.8) is 0 Å². The first-order valence-electron chi connectivity index (χ1n) is 8.73. The molecule has 0 spiro atoms. The zero-order valence-corrected chi connectivity index (χ0v) is 13.6. The number of carbonyl (C=O) groups is 1. The van der Waals surface area contributed by atoms with Gasteiger partial charge in [-0.05, 0) is 18.8 Å². The highest BCUT2D eigenvalue weighted by molar-refractivity contribution is 5.78. The number of H-pyrrole nitrogens is 1. The number of β-amino-alcohol motifs (C(OH)–C–C–N with tert-alkyl or cyclic N) is 1. The topological polar surface area (TPSA) is 94.1 Å². The third kappa shape index (κ3) is 4.29. The Balaban J connectivity index is 1.37. The third-order valence-corrected chi connectivity index (χ3v) is 5.19. The van der Waals surface area contributed by atoms with Crippen LogP contribution in [0.4, 0.5) is 0 Å². The van der Waals surface area contributed by atoms with Crippen LogP contribution in [0.1, 0.15) is 50.6 Å². The Kier molecular flexibility index (Phi) is 5.27. The van der Waals surface area contributed by atoms with E-state index in [2.05, 4.69) is 20.7 Å². The van der Waals surface area contributed by atoms with E-state index < -0.39 is 5.60 Å². The molecule has 7 nitrogen and oxygen atoms in total. The van der Waals surface area contributed by atoms with Crippen molar-refractivity contribution in [1.82, 2.24) is 25.6 Å². The summed E-state index contributed by atoms with van der Waals surface area (Å²) >= 11 is 0. The lowest BCUT2D eigenvalue weighted by Gasteiger charge is -2.22. The number of rotatable bonds is 6. The van der Waals surface area contributed by atoms with Crippen LogP contribution < -0.4 is 5.32 Å². The summed E-state index contributed by atoms with van der Waals surface area (Å²) in [6.07, 6.45) is 9.89. The van der Waals surface area contributed by atoms with Gasteiger partial charge in [-0.15, -0.1) is 0 Å². The molecule has 1 aromatic heterocycles. The van der Waals surface area contributed by atoms with Crippen LogP contribution in [0.2, 0.25) is 0 Å². The fourth-order valence-electron chi connectivity index (χ4n) is 3.79. The first-order chi connectivity index (χ1) is 11.2. The van der Waals surface area contributed by atoms with Crippen molar-refractivity contribution in [2.75, 3.05) is 26.2 Å². The molecular weight excluding hydrogens is 294 g/mol. The van der Waals surface area contributed by atoms with Crippen LogP contribution in [0.25, 0.3) is 0 Å². The van der Waals surface area contributed by atoms with E-state index in [1.807, 2.05) is 4.90 Å². The van der Waals surface area contributed by atoms with Gasteiger partial charge in [0.25, 0.3) is 0 Å². The number of likely N-dealkylation sites (tertiary alicyclic amines) is 1. The Morgan fingerprint density at radius 2 is 2.26 bits per heavy atom. The van der Waals surface area contributed by atoms with E-state index in [9.17, 15) is 9.90 Å². The molecule has 1 atom stereocenters. The van der Waals surface area contributed by atoms with E-state index in [1.165, 1.54) is 32.1 Å². The number of nitrogens with one attached hydrogen (secondary N) is 2. The van der Waals surface area contributed by atoms with E-state index in [-0.39, 0.29) is 5.91 Å². The van der Waals surface area contributed by atoms with Gasteiger partial charge in [-0.1, -0.05) is 32.1 Å². The molecule has 1 saturated heterocycles. The number of carbonyl (C=O) groups excluding carboxylic acids is 1. The summed E-state index contributed by atoms with van der Waals surface area (Å²) in [5, 5.41) is 23.9. The Morgan fingerprint density at radius 1 is 1.43 bits per heavy atom. The third-order valence-electron chi connectivity index (χ3n) is 5.19. The normalized spacial score (nSPS) is 26.5. The number of aliphatic hydroxyl groups is 1. The van der Waals surface area contributed by atoms with Crippen molar-refractivity contribution < 1.29 is 9.90 Å². The van der Waals surface area contributed by atoms with Crippen molar-refractivity contribution in [3.8, 4) is 0 Å². The summed E-state index contributed by atoms with van der Waals surface area (Å²) in [5.74, 6) is 0.832. The van der Waals surface area contributed by atoms with Gasteiger partial charge in [0, 0.05) is 19.6 Å². The second-order valence-corrected chi connectivity index (χ2v) is 6.99. The Morgan fingerprint density at radius 3 is 3.00 bits per heavy atom. The first kappa shape index (κ1) is 16.4. The number of hydrogen-bond acceptors (Lipinski definition) is 5. The summed E-state index contributed by atoms with van der Waals surface area (Å²) in [7, 11) is 0. The molecule has 1 amide bonds. The predicted octanol–water partition coefficient (Wildman–Crippen LogP) is 0.785. The second-order valence-electron chi connectivity index (χ2n) is 6.99. The largest absolute Gasteiger partial charge is 0.382 e. The average Bonchev–Trinajstić information content (AvgIpc) is 3.19. The van der Waals surface area contributed by atoms with E-state index in [4.69, 9.17) is 0 Å². The number of hydrogen-bond donors (Lipinski definition) is 3. The highest BCUT2D eigenvalue weighted by atomic mass is 16.3. The quantitative estimate of drug-likeness (QED) is 0.720. The van der Waals surface area contributed by atoms with Gasteiger partial charge in [0.1, 0.15) is 11.3 Å². The minimum atomic E-state index is -0.991. The van der Waals surface area contributed by atoms with Crippen molar-refractivity contribution in [2.24, 2.45) is 5.92 Å². The van der Waals surface area contributed by atoms with Crippen LogP contribution >= 0.6 is 0 Å². The molecule has 0 bridgehead atoms. The first-order valence-corrected chi connectivity index (χ1v) is 8.73. The maximum atomic E-state index is 12.1. The zero-order chi connectivity index (χ0) is 16.1. The summed E-state index contributed by atoms with van der Waals surface area (Å²) in [4.78, 5) is 14.0. The highest BCUT2D eigenvalue weighted by Gasteiger charge is 2.40. The van der Waals surface area contributed by atoms with Crippen molar-refractivity contribution in [3.05, 3.63) is 11.9 Å². The van der Waals surface area contributed by atoms with Crippen molar-refractivity contribution in [2.45, 2.75) is 50.5 Å². The number of aromatic nitrogens is 3. The maximum absolute atomic E-state index is 12.1. The summed E-state index contributed by atoms with van der Waals surface area (Å²) in [5.41, 5.74) is -0.437. The highest BCUT2D eigenvalue weighted by Crippen LogP contribution is 2.29. The Bertz CT molecular complexity index is 501. The van der Waals surface area contributed by atoms with Gasteiger partial charge in [0.2, 0.25) is 5.91 Å². The van der Waals surface area contributed by atoms with Crippen LogP contribution in [0.5, 0.6) is 0 Å². The predicted molar refractivity (Wildman–Crippen MR) is 85.5 cm³/mol. The summed E-state index contributed by atoms with van der Waals surface area (Å²) in [6, 6.07) is 0. The molecule has 3 N–H and O–H groups in total. The molecular formula is C16H27N5O2. The lowest BCUT2D eigenvalue weighted by atomic mass is 9.87. The Hall–Kier alpha value is -1.47. The molecule has 23 heavy (non-hydrogen) atoms. The Labute approximate surface area is 136 Å². The van der Waals surface area contributed by atoms with E-state index in [1.54, 1.807) is 6.20 Å². The lowest BCUT2D eigenvalue weighted by Crippen LogP contribution is -2.39. The van der Waals surface area contributed by atoms with Crippen LogP contribution in [-0.2, 0) is 10.4 Å². The molecule has 1 aliphatic carbocycles. The standard InChI is InChI=1S/C16H27N5O2/c22-15(17-8-6-13-4-2-1-3-5-13)11-21-9-7-16(23,12-21)14-10-18-20-19-14/h10,13,23H,1-9,11-12H2,(H,17,22)(H,18,19,20). The van der Waals surface area contributed by atoms with Gasteiger partial charge in [0.15, 0.2) is 0 Å². The van der Waals surface area contributed by atoms with Gasteiger partial charge in [-0.25, -0.2) is 0 Å². The molecule has 3 rings (SSSR count). The van der Waals surface area contributed by atoms with Gasteiger partial charge in [0.05, 0.1) is 12.7 Å².